The third-order valence-corrected chi connectivity index (χ3v) is 4.65. The topological polar surface area (TPSA) is 29.5 Å². The van der Waals surface area contributed by atoms with E-state index >= 15 is 0 Å². The third kappa shape index (κ3) is 3.49. The van der Waals surface area contributed by atoms with Crippen LogP contribution in [0.15, 0.2) is 12.2 Å². The van der Waals surface area contributed by atoms with Crippen molar-refractivity contribution in [2.45, 2.75) is 37.8 Å². The van der Waals surface area contributed by atoms with Crippen molar-refractivity contribution < 1.29 is 9.53 Å². The van der Waals surface area contributed by atoms with Crippen molar-refractivity contribution in [3.8, 4) is 0 Å². The molecule has 1 heterocycles. The molecule has 0 radical (unpaired) electrons. The van der Waals surface area contributed by atoms with Crippen LogP contribution in [0, 0.1) is 0 Å². The zero-order valence-electron chi connectivity index (χ0n) is 10.4. The Hall–Kier alpha value is -0.480. The molecule has 1 saturated heterocycles. The number of thioether (sulfide) groups is 1. The molecule has 0 aromatic heterocycles. The summed E-state index contributed by atoms with van der Waals surface area (Å²) in [4.78, 5) is 13.9. The summed E-state index contributed by atoms with van der Waals surface area (Å²) in [5, 5.41) is 0. The number of carbonyl (C=O) groups excluding carboxylic acids is 1. The van der Waals surface area contributed by atoms with E-state index in [0.29, 0.717) is 18.5 Å². The van der Waals surface area contributed by atoms with Gasteiger partial charge in [-0.05, 0) is 19.3 Å². The Kier molecular flexibility index (Phi) is 4.92. The Morgan fingerprint density at radius 2 is 2.47 bits per heavy atom. The van der Waals surface area contributed by atoms with Crippen LogP contribution in [0.3, 0.4) is 0 Å². The summed E-state index contributed by atoms with van der Waals surface area (Å²) in [6, 6.07) is 0.897. The number of ether oxygens (including phenoxy) is 1. The first-order chi connectivity index (χ1) is 8.31. The summed E-state index contributed by atoms with van der Waals surface area (Å²) < 4.78 is 4.80. The molecule has 0 N–H and O–H groups in total. The van der Waals surface area contributed by atoms with E-state index in [0.717, 1.165) is 12.3 Å². The van der Waals surface area contributed by atoms with Crippen LogP contribution < -0.4 is 0 Å². The predicted octanol–water partition coefficient (Wildman–Crippen LogP) is 2.08. The van der Waals surface area contributed by atoms with Gasteiger partial charge < -0.3 is 4.74 Å². The molecule has 4 heteroatoms. The average molecular weight is 255 g/mol. The summed E-state index contributed by atoms with van der Waals surface area (Å²) >= 11 is 1.95. The SMILES string of the molecule is COC(=O)C[C@H]1CSCCN1[C@@H]1C=CCCC1. The Morgan fingerprint density at radius 1 is 1.59 bits per heavy atom. The Balaban J connectivity index is 1.98. The average Bonchev–Trinajstić information content (AvgIpc) is 2.40. The molecule has 96 valence electrons. The fourth-order valence-electron chi connectivity index (χ4n) is 2.63. The highest BCUT2D eigenvalue weighted by molar-refractivity contribution is 7.99. The lowest BCUT2D eigenvalue weighted by Crippen LogP contribution is -2.49. The highest BCUT2D eigenvalue weighted by atomic mass is 32.2. The van der Waals surface area contributed by atoms with Crippen LogP contribution in [0.2, 0.25) is 0 Å². The Bertz CT molecular complexity index is 293. The van der Waals surface area contributed by atoms with E-state index in [1.807, 2.05) is 11.8 Å². The van der Waals surface area contributed by atoms with Crippen molar-refractivity contribution >= 4 is 17.7 Å². The van der Waals surface area contributed by atoms with Crippen molar-refractivity contribution in [1.29, 1.82) is 0 Å². The van der Waals surface area contributed by atoms with E-state index in [-0.39, 0.29) is 5.97 Å². The fourth-order valence-corrected chi connectivity index (χ4v) is 3.71. The molecule has 2 rings (SSSR count). The zero-order valence-corrected chi connectivity index (χ0v) is 11.2. The lowest BCUT2D eigenvalue weighted by Gasteiger charge is -2.40. The van der Waals surface area contributed by atoms with Crippen molar-refractivity contribution in [2.24, 2.45) is 0 Å². The number of rotatable bonds is 3. The van der Waals surface area contributed by atoms with Crippen LogP contribution in [-0.2, 0) is 9.53 Å². The molecule has 1 fully saturated rings. The molecule has 0 spiro atoms. The maximum absolute atomic E-state index is 11.4. The lowest BCUT2D eigenvalue weighted by molar-refractivity contribution is -0.142. The van der Waals surface area contributed by atoms with Gasteiger partial charge in [0.15, 0.2) is 0 Å². The van der Waals surface area contributed by atoms with E-state index in [1.54, 1.807) is 0 Å². The van der Waals surface area contributed by atoms with Gasteiger partial charge in [-0.15, -0.1) is 0 Å². The second-order valence-corrected chi connectivity index (χ2v) is 5.82. The minimum atomic E-state index is -0.0812. The molecule has 0 aromatic carbocycles. The second-order valence-electron chi connectivity index (χ2n) is 4.67. The molecule has 0 aromatic rings. The first-order valence-corrected chi connectivity index (χ1v) is 7.53. The van der Waals surface area contributed by atoms with Crippen LogP contribution in [0.5, 0.6) is 0 Å². The second kappa shape index (κ2) is 6.45. The van der Waals surface area contributed by atoms with Crippen LogP contribution in [0.4, 0.5) is 0 Å². The van der Waals surface area contributed by atoms with E-state index in [1.165, 1.54) is 32.1 Å². The van der Waals surface area contributed by atoms with E-state index in [2.05, 4.69) is 17.1 Å². The summed E-state index contributed by atoms with van der Waals surface area (Å²) in [5.41, 5.74) is 0. The van der Waals surface area contributed by atoms with Gasteiger partial charge in [0.2, 0.25) is 0 Å². The first-order valence-electron chi connectivity index (χ1n) is 6.38. The number of nitrogens with zero attached hydrogens (tertiary/aromatic N) is 1. The predicted molar refractivity (Wildman–Crippen MR) is 71.2 cm³/mol. The molecule has 0 bridgehead atoms. The minimum Gasteiger partial charge on any atom is -0.469 e. The molecule has 1 aliphatic heterocycles. The fraction of sp³-hybridized carbons (Fsp3) is 0.769. The molecule has 2 aliphatic rings. The smallest absolute Gasteiger partial charge is 0.307 e. The molecule has 3 nitrogen and oxygen atoms in total. The van der Waals surface area contributed by atoms with Crippen molar-refractivity contribution in [1.82, 2.24) is 4.90 Å². The van der Waals surface area contributed by atoms with Gasteiger partial charge in [0.1, 0.15) is 0 Å². The molecule has 1 aliphatic carbocycles. The quantitative estimate of drug-likeness (QED) is 0.570. The number of methoxy groups -OCH3 is 1. The normalized spacial score (nSPS) is 30.2. The van der Waals surface area contributed by atoms with Gasteiger partial charge in [-0.2, -0.15) is 11.8 Å². The van der Waals surface area contributed by atoms with Crippen LogP contribution >= 0.6 is 11.8 Å². The number of hydrogen-bond donors (Lipinski definition) is 0. The highest BCUT2D eigenvalue weighted by Gasteiger charge is 2.30. The van der Waals surface area contributed by atoms with Crippen LogP contribution in [0.25, 0.3) is 0 Å². The molecule has 17 heavy (non-hydrogen) atoms. The van der Waals surface area contributed by atoms with E-state index in [9.17, 15) is 4.79 Å². The largest absolute Gasteiger partial charge is 0.469 e. The van der Waals surface area contributed by atoms with Gasteiger partial charge in [0.05, 0.1) is 13.5 Å². The van der Waals surface area contributed by atoms with Gasteiger partial charge in [-0.1, -0.05) is 12.2 Å². The van der Waals surface area contributed by atoms with Gasteiger partial charge >= 0.3 is 5.97 Å². The first kappa shape index (κ1) is 13.0. The monoisotopic (exact) mass is 255 g/mol. The van der Waals surface area contributed by atoms with Crippen molar-refractivity contribution in [3.63, 3.8) is 0 Å². The molecular weight excluding hydrogens is 234 g/mol. The van der Waals surface area contributed by atoms with Gasteiger partial charge in [-0.25, -0.2) is 0 Å². The third-order valence-electron chi connectivity index (χ3n) is 3.56. The van der Waals surface area contributed by atoms with Crippen LogP contribution in [-0.4, -0.2) is 48.1 Å². The Morgan fingerprint density at radius 3 is 3.18 bits per heavy atom. The molecule has 0 unspecified atom stereocenters. The summed E-state index contributed by atoms with van der Waals surface area (Å²) in [6.45, 7) is 1.10. The maximum atomic E-state index is 11.4. The lowest BCUT2D eigenvalue weighted by atomic mass is 9.99. The summed E-state index contributed by atoms with van der Waals surface area (Å²) in [7, 11) is 1.48. The number of esters is 1. The highest BCUT2D eigenvalue weighted by Crippen LogP contribution is 2.26. The molecule has 0 amide bonds. The van der Waals surface area contributed by atoms with E-state index < -0.39 is 0 Å². The van der Waals surface area contributed by atoms with Crippen molar-refractivity contribution in [2.75, 3.05) is 25.2 Å². The number of carbonyl (C=O) groups is 1. The van der Waals surface area contributed by atoms with Gasteiger partial charge in [-0.3, -0.25) is 9.69 Å². The summed E-state index contributed by atoms with van der Waals surface area (Å²) in [6.07, 6.45) is 8.86. The van der Waals surface area contributed by atoms with Gasteiger partial charge in [0.25, 0.3) is 0 Å². The summed E-state index contributed by atoms with van der Waals surface area (Å²) in [5.74, 6) is 2.16. The van der Waals surface area contributed by atoms with E-state index in [4.69, 9.17) is 4.74 Å². The van der Waals surface area contributed by atoms with Crippen LogP contribution in [0.1, 0.15) is 25.7 Å². The maximum Gasteiger partial charge on any atom is 0.307 e. The molecule has 0 saturated carbocycles. The van der Waals surface area contributed by atoms with Crippen molar-refractivity contribution in [3.05, 3.63) is 12.2 Å². The zero-order chi connectivity index (χ0) is 12.1. The van der Waals surface area contributed by atoms with Gasteiger partial charge in [0, 0.05) is 30.1 Å². The Labute approximate surface area is 108 Å². The number of hydrogen-bond acceptors (Lipinski definition) is 4. The molecular formula is C13H21NO2S. The molecule has 2 atom stereocenters. The minimum absolute atomic E-state index is 0.0812. The standard InChI is InChI=1S/C13H21NO2S/c1-16-13(15)9-12-10-17-8-7-14(12)11-5-3-2-4-6-11/h3,5,11-12H,2,4,6-10H2,1H3/t11-,12+/m1/s1. The number of allylic oxidation sites excluding steroid dienone is 1.